The summed E-state index contributed by atoms with van der Waals surface area (Å²) in [6.07, 6.45) is 3.81. The molecule has 0 amide bonds. The van der Waals surface area contributed by atoms with Crippen LogP contribution >= 0.6 is 0 Å². The third kappa shape index (κ3) is 3.31. The van der Waals surface area contributed by atoms with Crippen LogP contribution in [0.15, 0.2) is 42.7 Å². The van der Waals surface area contributed by atoms with Crippen LogP contribution in [0.1, 0.15) is 5.56 Å². The van der Waals surface area contributed by atoms with Gasteiger partial charge in [-0.2, -0.15) is 0 Å². The molecular formula is C16H21N5. The van der Waals surface area contributed by atoms with Crippen LogP contribution in [0.2, 0.25) is 0 Å². The van der Waals surface area contributed by atoms with Crippen molar-refractivity contribution in [2.75, 3.05) is 43.0 Å². The third-order valence-corrected chi connectivity index (χ3v) is 3.77. The lowest BCUT2D eigenvalue weighted by molar-refractivity contribution is 0.641. The van der Waals surface area contributed by atoms with Gasteiger partial charge in [-0.1, -0.05) is 12.1 Å². The molecule has 1 fully saturated rings. The maximum atomic E-state index is 4.57. The van der Waals surface area contributed by atoms with E-state index in [9.17, 15) is 0 Å². The number of anilines is 2. The quantitative estimate of drug-likeness (QED) is 0.922. The zero-order valence-corrected chi connectivity index (χ0v) is 12.4. The average Bonchev–Trinajstić information content (AvgIpc) is 2.57. The van der Waals surface area contributed by atoms with Gasteiger partial charge in [0.2, 0.25) is 0 Å². The first-order chi connectivity index (χ1) is 10.4. The lowest BCUT2D eigenvalue weighted by atomic mass is 10.2. The topological polar surface area (TPSA) is 44.3 Å². The van der Waals surface area contributed by atoms with Crippen LogP contribution < -0.4 is 15.1 Å². The van der Waals surface area contributed by atoms with Gasteiger partial charge in [-0.25, -0.2) is 9.97 Å². The Hall–Kier alpha value is -2.14. The minimum absolute atomic E-state index is 0.862. The maximum absolute atomic E-state index is 4.57. The first-order valence-corrected chi connectivity index (χ1v) is 7.37. The summed E-state index contributed by atoms with van der Waals surface area (Å²) in [5.41, 5.74) is 1.22. The van der Waals surface area contributed by atoms with Gasteiger partial charge in [-0.15, -0.1) is 0 Å². The predicted octanol–water partition coefficient (Wildman–Crippen LogP) is 1.52. The molecule has 0 aliphatic carbocycles. The highest BCUT2D eigenvalue weighted by atomic mass is 15.3. The summed E-state index contributed by atoms with van der Waals surface area (Å²) in [6.45, 7) is 4.79. The number of nitrogens with zero attached hydrogens (tertiary/aromatic N) is 4. The number of aromatic nitrogens is 2. The third-order valence-electron chi connectivity index (χ3n) is 3.77. The van der Waals surface area contributed by atoms with Crippen molar-refractivity contribution < 1.29 is 0 Å². The van der Waals surface area contributed by atoms with E-state index < -0.39 is 0 Å². The first-order valence-electron chi connectivity index (χ1n) is 7.37. The molecule has 3 rings (SSSR count). The van der Waals surface area contributed by atoms with Gasteiger partial charge in [0.25, 0.3) is 0 Å². The molecule has 0 saturated carbocycles. The summed E-state index contributed by atoms with van der Waals surface area (Å²) in [5.74, 6) is 2.13. The highest BCUT2D eigenvalue weighted by Crippen LogP contribution is 2.17. The Morgan fingerprint density at radius 1 is 0.952 bits per heavy atom. The van der Waals surface area contributed by atoms with Crippen LogP contribution in [0, 0.1) is 0 Å². The van der Waals surface area contributed by atoms with Crippen molar-refractivity contribution in [3.8, 4) is 0 Å². The summed E-state index contributed by atoms with van der Waals surface area (Å²) >= 11 is 0. The van der Waals surface area contributed by atoms with Crippen molar-refractivity contribution in [3.05, 3.63) is 48.3 Å². The lowest BCUT2D eigenvalue weighted by Gasteiger charge is -2.36. The van der Waals surface area contributed by atoms with Crippen LogP contribution in [0.4, 0.5) is 11.6 Å². The van der Waals surface area contributed by atoms with Crippen LogP contribution in [0.25, 0.3) is 0 Å². The van der Waals surface area contributed by atoms with Gasteiger partial charge < -0.3 is 15.1 Å². The van der Waals surface area contributed by atoms with E-state index >= 15 is 0 Å². The molecule has 1 aliphatic heterocycles. The standard InChI is InChI=1S/C16H21N5/c1-17-12-14-5-6-16(19-13-14)21-10-8-20(9-11-21)15-4-2-3-7-18-15/h2-7,13,17H,8-12H2,1H3. The minimum atomic E-state index is 0.862. The summed E-state index contributed by atoms with van der Waals surface area (Å²) in [5, 5.41) is 3.14. The smallest absolute Gasteiger partial charge is 0.128 e. The van der Waals surface area contributed by atoms with Gasteiger partial charge in [0.1, 0.15) is 11.6 Å². The van der Waals surface area contributed by atoms with E-state index in [0.29, 0.717) is 0 Å². The molecule has 1 aliphatic rings. The first kappa shape index (κ1) is 13.8. The fourth-order valence-electron chi connectivity index (χ4n) is 2.62. The molecular weight excluding hydrogens is 262 g/mol. The molecule has 0 spiro atoms. The fourth-order valence-corrected chi connectivity index (χ4v) is 2.62. The maximum Gasteiger partial charge on any atom is 0.128 e. The zero-order chi connectivity index (χ0) is 14.5. The normalized spacial score (nSPS) is 15.3. The van der Waals surface area contributed by atoms with Crippen LogP contribution in [-0.4, -0.2) is 43.2 Å². The number of pyridine rings is 2. The Morgan fingerprint density at radius 2 is 1.67 bits per heavy atom. The van der Waals surface area contributed by atoms with Crippen LogP contribution in [0.5, 0.6) is 0 Å². The Morgan fingerprint density at radius 3 is 2.19 bits per heavy atom. The molecule has 0 unspecified atom stereocenters. The second-order valence-corrected chi connectivity index (χ2v) is 5.22. The summed E-state index contributed by atoms with van der Waals surface area (Å²) in [4.78, 5) is 13.6. The van der Waals surface area contributed by atoms with Gasteiger partial charge in [-0.3, -0.25) is 0 Å². The van der Waals surface area contributed by atoms with Crippen molar-refractivity contribution in [2.24, 2.45) is 0 Å². The number of nitrogens with one attached hydrogen (secondary N) is 1. The molecule has 0 radical (unpaired) electrons. The predicted molar refractivity (Wildman–Crippen MR) is 85.7 cm³/mol. The zero-order valence-electron chi connectivity index (χ0n) is 12.4. The molecule has 1 N–H and O–H groups in total. The Labute approximate surface area is 125 Å². The molecule has 21 heavy (non-hydrogen) atoms. The van der Waals surface area contributed by atoms with Gasteiger partial charge in [-0.05, 0) is 30.8 Å². The van der Waals surface area contributed by atoms with E-state index in [1.165, 1.54) is 5.56 Å². The van der Waals surface area contributed by atoms with Crippen molar-refractivity contribution >= 4 is 11.6 Å². The van der Waals surface area contributed by atoms with Crippen molar-refractivity contribution in [1.29, 1.82) is 0 Å². The molecule has 0 aromatic carbocycles. The second-order valence-electron chi connectivity index (χ2n) is 5.22. The van der Waals surface area contributed by atoms with Crippen molar-refractivity contribution in [1.82, 2.24) is 15.3 Å². The Kier molecular flexibility index (Phi) is 4.31. The van der Waals surface area contributed by atoms with E-state index in [-0.39, 0.29) is 0 Å². The largest absolute Gasteiger partial charge is 0.353 e. The van der Waals surface area contributed by atoms with Gasteiger partial charge in [0.15, 0.2) is 0 Å². The second kappa shape index (κ2) is 6.54. The number of hydrogen-bond donors (Lipinski definition) is 1. The molecule has 3 heterocycles. The molecule has 0 bridgehead atoms. The number of rotatable bonds is 4. The summed E-state index contributed by atoms with van der Waals surface area (Å²) < 4.78 is 0. The molecule has 5 nitrogen and oxygen atoms in total. The fraction of sp³-hybridized carbons (Fsp3) is 0.375. The highest BCUT2D eigenvalue weighted by Gasteiger charge is 2.18. The van der Waals surface area contributed by atoms with Gasteiger partial charge in [0, 0.05) is 45.1 Å². The molecule has 1 saturated heterocycles. The molecule has 2 aromatic heterocycles. The molecule has 110 valence electrons. The van der Waals surface area contributed by atoms with Gasteiger partial charge in [0.05, 0.1) is 0 Å². The SMILES string of the molecule is CNCc1ccc(N2CCN(c3ccccn3)CC2)nc1. The van der Waals surface area contributed by atoms with Crippen molar-refractivity contribution in [2.45, 2.75) is 6.54 Å². The molecule has 5 heteroatoms. The molecule has 2 aromatic rings. The van der Waals surface area contributed by atoms with E-state index in [1.807, 2.05) is 31.6 Å². The van der Waals surface area contributed by atoms with E-state index in [4.69, 9.17) is 0 Å². The monoisotopic (exact) mass is 283 g/mol. The Balaban J connectivity index is 1.60. The lowest BCUT2D eigenvalue weighted by Crippen LogP contribution is -2.47. The van der Waals surface area contributed by atoms with Crippen molar-refractivity contribution in [3.63, 3.8) is 0 Å². The summed E-state index contributed by atoms with van der Waals surface area (Å²) in [6, 6.07) is 10.3. The van der Waals surface area contributed by atoms with Crippen LogP contribution in [0.3, 0.4) is 0 Å². The summed E-state index contributed by atoms with van der Waals surface area (Å²) in [7, 11) is 1.95. The Bertz CT molecular complexity index is 547. The number of piperazine rings is 1. The average molecular weight is 283 g/mol. The molecule has 0 atom stereocenters. The van der Waals surface area contributed by atoms with E-state index in [1.54, 1.807) is 0 Å². The minimum Gasteiger partial charge on any atom is -0.353 e. The van der Waals surface area contributed by atoms with E-state index in [2.05, 4.69) is 43.3 Å². The van der Waals surface area contributed by atoms with Crippen LogP contribution in [-0.2, 0) is 6.54 Å². The number of hydrogen-bond acceptors (Lipinski definition) is 5. The highest BCUT2D eigenvalue weighted by molar-refractivity contribution is 5.44. The van der Waals surface area contributed by atoms with Gasteiger partial charge >= 0.3 is 0 Å². The van der Waals surface area contributed by atoms with E-state index in [0.717, 1.165) is 44.4 Å².